The Kier molecular flexibility index (Phi) is 12.7. The number of rotatable bonds is 12. The summed E-state index contributed by atoms with van der Waals surface area (Å²) in [6, 6.07) is 27.8. The Morgan fingerprint density at radius 1 is 0.885 bits per heavy atom. The molecule has 2 atom stereocenters. The summed E-state index contributed by atoms with van der Waals surface area (Å²) in [4.78, 5) is 59.5. The largest absolute Gasteiger partial charge is 0.444 e. The second-order valence-corrected chi connectivity index (χ2v) is 14.2. The molecule has 52 heavy (non-hydrogen) atoms. The Hall–Kier alpha value is -5.60. The minimum absolute atomic E-state index is 0.0157. The fourth-order valence-electron chi connectivity index (χ4n) is 5.72. The lowest BCUT2D eigenvalue weighted by atomic mass is 10.0. The number of amides is 3. The van der Waals surface area contributed by atoms with E-state index in [2.05, 4.69) is 21.1 Å². The Morgan fingerprint density at radius 2 is 1.48 bits per heavy atom. The van der Waals surface area contributed by atoms with Crippen molar-refractivity contribution >= 4 is 39.9 Å². The van der Waals surface area contributed by atoms with Gasteiger partial charge in [-0.25, -0.2) is 18.0 Å². The Labute approximate surface area is 302 Å². The number of Topliss-reactive ketones (excluding diaryl/α,β-unsaturated/α-hetero) is 1. The number of aromatic nitrogens is 1. The van der Waals surface area contributed by atoms with Crippen LogP contribution in [0.4, 0.5) is 9.59 Å². The first kappa shape index (κ1) is 37.7. The molecule has 3 aromatic carbocycles. The van der Waals surface area contributed by atoms with Gasteiger partial charge in [0.2, 0.25) is 27.7 Å². The van der Waals surface area contributed by atoms with Crippen LogP contribution in [0.2, 0.25) is 0 Å². The van der Waals surface area contributed by atoms with Crippen molar-refractivity contribution in [3.63, 3.8) is 0 Å². The lowest BCUT2D eigenvalue weighted by molar-refractivity contribution is -0.133. The molecular weight excluding hydrogens is 687 g/mol. The summed E-state index contributed by atoms with van der Waals surface area (Å²) in [7, 11) is -4.05. The zero-order chi connectivity index (χ0) is 37.1. The van der Waals surface area contributed by atoms with E-state index in [-0.39, 0.29) is 48.6 Å². The van der Waals surface area contributed by atoms with E-state index in [1.54, 1.807) is 66.7 Å². The molecule has 0 saturated carbocycles. The Morgan fingerprint density at radius 3 is 2.10 bits per heavy atom. The van der Waals surface area contributed by atoms with Gasteiger partial charge in [-0.1, -0.05) is 92.7 Å². The number of carbonyl (C=O) groups is 4. The van der Waals surface area contributed by atoms with Crippen LogP contribution in [0.1, 0.15) is 54.7 Å². The summed E-state index contributed by atoms with van der Waals surface area (Å²) in [6.45, 7) is 3.79. The molecule has 13 nitrogen and oxygen atoms in total. The highest BCUT2D eigenvalue weighted by atomic mass is 32.2. The fourth-order valence-corrected chi connectivity index (χ4v) is 6.94. The maximum Gasteiger partial charge on any atom is 0.437 e. The van der Waals surface area contributed by atoms with E-state index in [1.807, 2.05) is 26.0 Å². The molecule has 14 heteroatoms. The van der Waals surface area contributed by atoms with Crippen molar-refractivity contribution in [1.82, 2.24) is 19.5 Å². The molecule has 2 heterocycles. The molecule has 1 radical (unpaired) electrons. The predicted molar refractivity (Wildman–Crippen MR) is 192 cm³/mol. The van der Waals surface area contributed by atoms with Gasteiger partial charge in [-0.05, 0) is 54.5 Å². The van der Waals surface area contributed by atoms with E-state index < -0.39 is 46.0 Å². The first-order valence-electron chi connectivity index (χ1n) is 16.8. The molecule has 1 aliphatic heterocycles. The number of hydrogen-bond acceptors (Lipinski definition) is 8. The number of benzene rings is 3. The number of alkyl carbamates (subject to hydrolysis) is 1. The van der Waals surface area contributed by atoms with Crippen LogP contribution >= 0.6 is 0 Å². The minimum Gasteiger partial charge on any atom is -0.444 e. The van der Waals surface area contributed by atoms with E-state index in [0.717, 1.165) is 5.56 Å². The summed E-state index contributed by atoms with van der Waals surface area (Å²) >= 11 is 0. The maximum atomic E-state index is 14.2. The monoisotopic (exact) mass is 726 g/mol. The average molecular weight is 727 g/mol. The molecule has 0 bridgehead atoms. The van der Waals surface area contributed by atoms with Crippen molar-refractivity contribution in [2.45, 2.75) is 63.3 Å². The van der Waals surface area contributed by atoms with Gasteiger partial charge in [0.1, 0.15) is 24.9 Å². The molecule has 3 amide bonds. The highest BCUT2D eigenvalue weighted by Crippen LogP contribution is 2.25. The van der Waals surface area contributed by atoms with Gasteiger partial charge in [-0.15, -0.1) is 4.99 Å². The number of hydrogen-bond donors (Lipinski definition) is 2. The summed E-state index contributed by atoms with van der Waals surface area (Å²) in [5, 5.41) is 2.44. The summed E-state index contributed by atoms with van der Waals surface area (Å²) in [6.07, 6.45) is 0.354. The first-order valence-corrected chi connectivity index (χ1v) is 18.3. The van der Waals surface area contributed by atoms with Crippen molar-refractivity contribution in [1.29, 1.82) is 0 Å². The normalized spacial score (nSPS) is 15.2. The number of sulfonamides is 1. The van der Waals surface area contributed by atoms with Crippen molar-refractivity contribution in [2.24, 2.45) is 10.9 Å². The van der Waals surface area contributed by atoms with Crippen molar-refractivity contribution in [2.75, 3.05) is 6.54 Å². The third-order valence-electron chi connectivity index (χ3n) is 8.17. The number of carbonyl (C=O) groups excluding carboxylic acids is 4. The van der Waals surface area contributed by atoms with E-state index >= 15 is 0 Å². The van der Waals surface area contributed by atoms with E-state index in [0.29, 0.717) is 18.4 Å². The quantitative estimate of drug-likeness (QED) is 0.112. The van der Waals surface area contributed by atoms with Crippen LogP contribution in [-0.4, -0.2) is 66.3 Å². The molecule has 1 aliphatic rings. The number of ketones is 1. The van der Waals surface area contributed by atoms with Crippen molar-refractivity contribution in [3.05, 3.63) is 126 Å². The third-order valence-corrected chi connectivity index (χ3v) is 9.66. The van der Waals surface area contributed by atoms with Crippen LogP contribution in [0.3, 0.4) is 0 Å². The number of nitrogens with one attached hydrogen (secondary N) is 2. The van der Waals surface area contributed by atoms with Crippen LogP contribution in [0, 0.1) is 12.0 Å². The van der Waals surface area contributed by atoms with E-state index in [4.69, 9.17) is 9.47 Å². The van der Waals surface area contributed by atoms with Gasteiger partial charge in [-0.2, -0.15) is 4.72 Å². The highest BCUT2D eigenvalue weighted by molar-refractivity contribution is 7.89. The Balaban J connectivity index is 1.38. The molecule has 0 spiro atoms. The van der Waals surface area contributed by atoms with Gasteiger partial charge in [0, 0.05) is 18.8 Å². The molecule has 271 valence electrons. The lowest BCUT2D eigenvalue weighted by Crippen LogP contribution is -2.52. The molecule has 1 fully saturated rings. The Bertz CT molecular complexity index is 1980. The maximum absolute atomic E-state index is 14.2. The molecule has 1 saturated heterocycles. The topological polar surface area (TPSA) is 165 Å². The SMILES string of the molecule is CC(C)C[C@@H](NS(=O)(=O)c1ccccc1)C(=O)N1CCC[C@H]1C(=O)c1[c]ccn1C(=NC(=O)OCc1ccccc1)NC(=O)OCc1ccccc1. The van der Waals surface area contributed by atoms with Crippen LogP contribution in [0.15, 0.2) is 113 Å². The third kappa shape index (κ3) is 10.0. The summed E-state index contributed by atoms with van der Waals surface area (Å²) in [5.74, 6) is -1.52. The van der Waals surface area contributed by atoms with Crippen LogP contribution < -0.4 is 10.0 Å². The van der Waals surface area contributed by atoms with Gasteiger partial charge in [0.15, 0.2) is 0 Å². The molecule has 4 aromatic rings. The molecule has 0 unspecified atom stereocenters. The van der Waals surface area contributed by atoms with Crippen LogP contribution in [0.25, 0.3) is 0 Å². The van der Waals surface area contributed by atoms with Gasteiger partial charge in [0.05, 0.1) is 10.9 Å². The average Bonchev–Trinajstić information content (AvgIpc) is 3.84. The van der Waals surface area contributed by atoms with Crippen molar-refractivity contribution < 1.29 is 37.1 Å². The number of nitrogens with zero attached hydrogens (tertiary/aromatic N) is 3. The van der Waals surface area contributed by atoms with Crippen LogP contribution in [-0.2, 0) is 37.5 Å². The second kappa shape index (κ2) is 17.6. The van der Waals surface area contributed by atoms with Crippen molar-refractivity contribution in [3.8, 4) is 0 Å². The zero-order valence-corrected chi connectivity index (χ0v) is 29.6. The number of likely N-dealkylation sites (tertiary alicyclic amines) is 1. The molecule has 0 aliphatic carbocycles. The van der Waals surface area contributed by atoms with Crippen LogP contribution in [0.5, 0.6) is 0 Å². The fraction of sp³-hybridized carbons (Fsp3) is 0.289. The minimum atomic E-state index is -4.05. The number of aliphatic imine (C=N–C) groups is 1. The predicted octanol–water partition coefficient (Wildman–Crippen LogP) is 5.32. The van der Waals surface area contributed by atoms with Gasteiger partial charge >= 0.3 is 12.2 Å². The van der Waals surface area contributed by atoms with Gasteiger partial charge in [0.25, 0.3) is 0 Å². The highest BCUT2D eigenvalue weighted by Gasteiger charge is 2.40. The van der Waals surface area contributed by atoms with Gasteiger partial charge in [-0.3, -0.25) is 19.5 Å². The molecule has 1 aromatic heterocycles. The standard InChI is InChI=1S/C38H40N5O8S/c1-27(2)24-31(41-52(48,49)30-18-10-5-11-19-30)35(45)42-22-12-20-32(42)34(44)33-21-13-23-43(33)36(39-37(46)50-25-28-14-6-3-7-15-28)40-38(47)51-26-29-16-8-4-9-17-29/h3-11,13-19,23,27,31-32,41H,12,20,22,24-26H2,1-2H3,(H,39,40,46,47)/t31-,32+/m1/s1. The number of ether oxygens (including phenoxy) is 2. The zero-order valence-electron chi connectivity index (χ0n) is 28.8. The second-order valence-electron chi connectivity index (χ2n) is 12.5. The van der Waals surface area contributed by atoms with E-state index in [1.165, 1.54) is 33.9 Å². The lowest BCUT2D eigenvalue weighted by Gasteiger charge is -2.29. The molecule has 2 N–H and O–H groups in total. The summed E-state index contributed by atoms with van der Waals surface area (Å²) < 4.78 is 40.9. The molecule has 5 rings (SSSR count). The first-order chi connectivity index (χ1) is 25.0. The summed E-state index contributed by atoms with van der Waals surface area (Å²) in [5.41, 5.74) is 1.32. The smallest absolute Gasteiger partial charge is 0.437 e. The van der Waals surface area contributed by atoms with Gasteiger partial charge < -0.3 is 14.4 Å². The van der Waals surface area contributed by atoms with E-state index in [9.17, 15) is 27.6 Å². The molecular formula is C38H40N5O8S.